The van der Waals surface area contributed by atoms with Crippen molar-refractivity contribution in [2.24, 2.45) is 21.7 Å². The van der Waals surface area contributed by atoms with E-state index in [1.807, 2.05) is 0 Å². The molecule has 2 spiro atoms. The number of rotatable bonds is 0. The van der Waals surface area contributed by atoms with E-state index in [1.54, 1.807) is 0 Å². The molecule has 19 heavy (non-hydrogen) atoms. The van der Waals surface area contributed by atoms with Gasteiger partial charge in [0.1, 0.15) is 0 Å². The predicted molar refractivity (Wildman–Crippen MR) is 86.6 cm³/mol. The topological polar surface area (TPSA) is 0 Å². The van der Waals surface area contributed by atoms with Gasteiger partial charge in [0.2, 0.25) is 0 Å². The molecule has 0 unspecified atom stereocenters. The van der Waals surface area contributed by atoms with Crippen molar-refractivity contribution in [1.82, 2.24) is 0 Å². The minimum Gasteiger partial charge on any atom is -0.143 e. The van der Waals surface area contributed by atoms with Crippen LogP contribution in [0.25, 0.3) is 0 Å². The summed E-state index contributed by atoms with van der Waals surface area (Å²) in [7, 11) is 0. The highest BCUT2D eigenvalue weighted by atomic mass is 32.2. The summed E-state index contributed by atoms with van der Waals surface area (Å²) >= 11 is 2.38. The summed E-state index contributed by atoms with van der Waals surface area (Å²) < 4.78 is 1.01. The van der Waals surface area contributed by atoms with E-state index < -0.39 is 0 Å². The number of hydrogen-bond donors (Lipinski definition) is 0. The average molecular weight is 281 g/mol. The minimum atomic E-state index is 0.481. The van der Waals surface area contributed by atoms with Crippen LogP contribution in [0.2, 0.25) is 0 Å². The third kappa shape index (κ3) is 1.22. The van der Waals surface area contributed by atoms with Crippen LogP contribution >= 0.6 is 11.8 Å². The third-order valence-corrected chi connectivity index (χ3v) is 10.3. The van der Waals surface area contributed by atoms with Gasteiger partial charge >= 0.3 is 0 Å². The maximum Gasteiger partial charge on any atom is 0.0425 e. The quantitative estimate of drug-likeness (QED) is 0.498. The highest BCUT2D eigenvalue weighted by molar-refractivity contribution is 8.10. The Kier molecular flexibility index (Phi) is 2.43. The van der Waals surface area contributed by atoms with Gasteiger partial charge in [-0.1, -0.05) is 61.8 Å². The Hall–Kier alpha value is 0.350. The summed E-state index contributed by atoms with van der Waals surface area (Å²) in [5.74, 6) is 0. The molecule has 1 aliphatic heterocycles. The fourth-order valence-corrected chi connectivity index (χ4v) is 10.0. The lowest BCUT2D eigenvalue weighted by Gasteiger charge is -2.65. The van der Waals surface area contributed by atoms with E-state index >= 15 is 0 Å². The molecule has 1 heteroatoms. The first kappa shape index (κ1) is 14.3. The summed E-state index contributed by atoms with van der Waals surface area (Å²) in [4.78, 5) is 0. The van der Waals surface area contributed by atoms with Gasteiger partial charge in [0, 0.05) is 9.49 Å². The van der Waals surface area contributed by atoms with Crippen molar-refractivity contribution >= 4 is 11.8 Å². The highest BCUT2D eigenvalue weighted by Crippen LogP contribution is 2.94. The van der Waals surface area contributed by atoms with Crippen LogP contribution in [0, 0.1) is 21.7 Å². The van der Waals surface area contributed by atoms with E-state index in [9.17, 15) is 0 Å². The molecule has 1 heterocycles. The molecule has 0 bridgehead atoms. The van der Waals surface area contributed by atoms with E-state index in [0.29, 0.717) is 31.2 Å². The molecule has 3 aliphatic rings. The SMILES string of the molecule is CC1(C)CCCC(C)(C)C12SC21C(C)(C)CC1(C)C. The lowest BCUT2D eigenvalue weighted by atomic mass is 9.37. The number of thioether (sulfide) groups is 1. The fourth-order valence-electron chi connectivity index (χ4n) is 7.07. The van der Waals surface area contributed by atoms with Crippen LogP contribution in [-0.4, -0.2) is 9.49 Å². The molecule has 0 aromatic rings. The monoisotopic (exact) mass is 280 g/mol. The summed E-state index contributed by atoms with van der Waals surface area (Å²) in [5.41, 5.74) is 1.98. The van der Waals surface area contributed by atoms with Crippen molar-refractivity contribution in [3.05, 3.63) is 0 Å². The van der Waals surface area contributed by atoms with Crippen LogP contribution in [0.4, 0.5) is 0 Å². The smallest absolute Gasteiger partial charge is 0.0425 e. The Morgan fingerprint density at radius 3 is 1.26 bits per heavy atom. The second-order valence-electron chi connectivity index (χ2n) is 10.0. The maximum absolute atomic E-state index is 2.56. The normalized spacial score (nSPS) is 37.9. The Balaban J connectivity index is 2.15. The maximum atomic E-state index is 2.56. The molecule has 0 N–H and O–H groups in total. The summed E-state index contributed by atoms with van der Waals surface area (Å²) in [6, 6.07) is 0. The largest absolute Gasteiger partial charge is 0.143 e. The van der Waals surface area contributed by atoms with Crippen molar-refractivity contribution in [2.75, 3.05) is 0 Å². The van der Waals surface area contributed by atoms with Crippen molar-refractivity contribution in [1.29, 1.82) is 0 Å². The first-order valence-electron chi connectivity index (χ1n) is 8.07. The zero-order valence-corrected chi connectivity index (χ0v) is 15.1. The first-order valence-corrected chi connectivity index (χ1v) is 8.89. The van der Waals surface area contributed by atoms with Gasteiger partial charge in [-0.05, 0) is 40.9 Å². The Bertz CT molecular complexity index is 395. The molecule has 3 rings (SSSR count). The van der Waals surface area contributed by atoms with Crippen LogP contribution in [0.5, 0.6) is 0 Å². The molecule has 0 radical (unpaired) electrons. The number of fused-ring (bicyclic) bond motifs is 1. The Morgan fingerprint density at radius 2 is 0.947 bits per heavy atom. The van der Waals surface area contributed by atoms with Crippen LogP contribution in [0.1, 0.15) is 81.1 Å². The molecule has 0 amide bonds. The molecular formula is C18H32S. The van der Waals surface area contributed by atoms with Crippen LogP contribution in [0.3, 0.4) is 0 Å². The standard InChI is InChI=1S/C18H32S/c1-13(2)10-9-11-14(3,4)17(13)18(19-17)15(5,6)12-16(18,7)8/h9-12H2,1-8H3. The van der Waals surface area contributed by atoms with Gasteiger partial charge in [0.25, 0.3) is 0 Å². The molecule has 1 saturated heterocycles. The molecule has 2 saturated carbocycles. The van der Waals surface area contributed by atoms with E-state index in [2.05, 4.69) is 67.2 Å². The van der Waals surface area contributed by atoms with E-state index in [1.165, 1.54) is 25.7 Å². The van der Waals surface area contributed by atoms with E-state index in [0.717, 1.165) is 0 Å². The van der Waals surface area contributed by atoms with Crippen molar-refractivity contribution in [3.63, 3.8) is 0 Å². The molecule has 2 aliphatic carbocycles. The van der Waals surface area contributed by atoms with Gasteiger partial charge in [0.15, 0.2) is 0 Å². The van der Waals surface area contributed by atoms with Gasteiger partial charge in [-0.15, -0.1) is 11.8 Å². The van der Waals surface area contributed by atoms with Gasteiger partial charge < -0.3 is 0 Å². The first-order chi connectivity index (χ1) is 8.37. The molecule has 0 aromatic heterocycles. The van der Waals surface area contributed by atoms with Gasteiger partial charge in [-0.3, -0.25) is 0 Å². The molecule has 110 valence electrons. The van der Waals surface area contributed by atoms with Crippen LogP contribution in [-0.2, 0) is 0 Å². The molecular weight excluding hydrogens is 248 g/mol. The summed E-state index contributed by atoms with van der Waals surface area (Å²) in [5, 5.41) is 0. The number of hydrogen-bond acceptors (Lipinski definition) is 1. The third-order valence-electron chi connectivity index (χ3n) is 7.06. The van der Waals surface area contributed by atoms with Crippen molar-refractivity contribution in [3.8, 4) is 0 Å². The fraction of sp³-hybridized carbons (Fsp3) is 1.00. The minimum absolute atomic E-state index is 0.481. The Labute approximate surface area is 124 Å². The molecule has 3 fully saturated rings. The Morgan fingerprint density at radius 1 is 0.579 bits per heavy atom. The summed E-state index contributed by atoms with van der Waals surface area (Å²) in [6.45, 7) is 20.3. The molecule has 0 aromatic carbocycles. The average Bonchev–Trinajstić information content (AvgIpc) is 2.87. The van der Waals surface area contributed by atoms with Gasteiger partial charge in [0.05, 0.1) is 0 Å². The van der Waals surface area contributed by atoms with Gasteiger partial charge in [-0.2, -0.15) is 0 Å². The lowest BCUT2D eigenvalue weighted by molar-refractivity contribution is -0.101. The molecule has 0 atom stereocenters. The van der Waals surface area contributed by atoms with E-state index in [-0.39, 0.29) is 0 Å². The zero-order valence-electron chi connectivity index (χ0n) is 14.2. The summed E-state index contributed by atoms with van der Waals surface area (Å²) in [6.07, 6.45) is 5.63. The highest BCUT2D eigenvalue weighted by Gasteiger charge is 2.91. The predicted octanol–water partition coefficient (Wildman–Crippen LogP) is 5.90. The van der Waals surface area contributed by atoms with Crippen LogP contribution in [0.15, 0.2) is 0 Å². The zero-order chi connectivity index (χ0) is 14.5. The molecule has 0 nitrogen and oxygen atoms in total. The van der Waals surface area contributed by atoms with Crippen LogP contribution < -0.4 is 0 Å². The van der Waals surface area contributed by atoms with Crippen molar-refractivity contribution < 1.29 is 0 Å². The lowest BCUT2D eigenvalue weighted by Crippen LogP contribution is -2.68. The van der Waals surface area contributed by atoms with Crippen molar-refractivity contribution in [2.45, 2.75) is 90.6 Å². The van der Waals surface area contributed by atoms with Gasteiger partial charge in [-0.25, -0.2) is 0 Å². The second kappa shape index (κ2) is 3.23. The second-order valence-corrected chi connectivity index (χ2v) is 11.5. The van der Waals surface area contributed by atoms with E-state index in [4.69, 9.17) is 0 Å².